The number of anilines is 1. The lowest BCUT2D eigenvalue weighted by Crippen LogP contribution is -2.33. The minimum atomic E-state index is -1.00. The second kappa shape index (κ2) is 10.4. The first-order valence-corrected chi connectivity index (χ1v) is 10.4. The molecule has 0 spiro atoms. The zero-order valence-corrected chi connectivity index (χ0v) is 17.9. The van der Waals surface area contributed by atoms with E-state index in [0.29, 0.717) is 21.3 Å². The smallest absolute Gasteiger partial charge is 0.305 e. The van der Waals surface area contributed by atoms with E-state index in [4.69, 9.17) is 23.8 Å². The molecule has 0 bridgehead atoms. The van der Waals surface area contributed by atoms with E-state index in [0.717, 1.165) is 4.90 Å². The minimum absolute atomic E-state index is 0.215. The van der Waals surface area contributed by atoms with Gasteiger partial charge in [-0.05, 0) is 66.3 Å². The minimum Gasteiger partial charge on any atom is -0.481 e. The molecule has 9 heteroatoms. The van der Waals surface area contributed by atoms with Crippen LogP contribution in [0.2, 0.25) is 5.02 Å². The Morgan fingerprint density at radius 3 is 2.53 bits per heavy atom. The number of aromatic nitrogens is 1. The van der Waals surface area contributed by atoms with Crippen molar-refractivity contribution in [3.8, 4) is 0 Å². The van der Waals surface area contributed by atoms with Crippen molar-refractivity contribution in [1.29, 1.82) is 0 Å². The van der Waals surface area contributed by atoms with Crippen LogP contribution in [0.4, 0.5) is 10.1 Å². The van der Waals surface area contributed by atoms with Crippen molar-refractivity contribution in [3.63, 3.8) is 0 Å². The maximum Gasteiger partial charge on any atom is 0.305 e. The van der Waals surface area contributed by atoms with E-state index in [9.17, 15) is 14.3 Å². The summed E-state index contributed by atoms with van der Waals surface area (Å²) in [6.45, 7) is 0. The maximum absolute atomic E-state index is 13.2. The van der Waals surface area contributed by atoms with E-state index >= 15 is 0 Å². The SMILES string of the molecule is O=C(O)CC(NC(=S)Nc1cccnc1Sc1ccc(Cl)cc1)c1ccc(F)cc1. The number of nitrogens with zero attached hydrogens (tertiary/aromatic N) is 1. The van der Waals surface area contributed by atoms with Gasteiger partial charge in [0.25, 0.3) is 0 Å². The lowest BCUT2D eigenvalue weighted by molar-refractivity contribution is -0.137. The van der Waals surface area contributed by atoms with Crippen molar-refractivity contribution in [2.45, 2.75) is 22.4 Å². The molecule has 5 nitrogen and oxygen atoms in total. The number of hydrogen-bond donors (Lipinski definition) is 3. The monoisotopic (exact) mass is 461 g/mol. The van der Waals surface area contributed by atoms with Crippen LogP contribution in [0.15, 0.2) is 76.8 Å². The van der Waals surface area contributed by atoms with Gasteiger partial charge in [0.15, 0.2) is 5.11 Å². The molecule has 3 N–H and O–H groups in total. The van der Waals surface area contributed by atoms with E-state index in [1.54, 1.807) is 24.4 Å². The number of carboxylic acid groups (broad SMARTS) is 1. The van der Waals surface area contributed by atoms with Gasteiger partial charge in [0.2, 0.25) is 0 Å². The highest BCUT2D eigenvalue weighted by molar-refractivity contribution is 7.99. The molecule has 154 valence electrons. The Morgan fingerprint density at radius 2 is 1.87 bits per heavy atom. The van der Waals surface area contributed by atoms with E-state index in [1.807, 2.05) is 18.2 Å². The number of pyridine rings is 1. The Kier molecular flexibility index (Phi) is 7.62. The molecule has 3 rings (SSSR count). The molecule has 3 aromatic rings. The first-order valence-electron chi connectivity index (χ1n) is 8.84. The van der Waals surface area contributed by atoms with E-state index < -0.39 is 17.8 Å². The van der Waals surface area contributed by atoms with Gasteiger partial charge >= 0.3 is 5.97 Å². The summed E-state index contributed by atoms with van der Waals surface area (Å²) in [6.07, 6.45) is 1.46. The number of rotatable bonds is 7. The molecule has 0 saturated carbocycles. The molecule has 0 fully saturated rings. The molecule has 0 radical (unpaired) electrons. The van der Waals surface area contributed by atoms with Gasteiger partial charge in [-0.1, -0.05) is 35.5 Å². The van der Waals surface area contributed by atoms with Gasteiger partial charge in [0.1, 0.15) is 10.8 Å². The van der Waals surface area contributed by atoms with Crippen LogP contribution in [0.1, 0.15) is 18.0 Å². The fraction of sp³-hybridized carbons (Fsp3) is 0.0952. The van der Waals surface area contributed by atoms with Crippen molar-refractivity contribution < 1.29 is 14.3 Å². The Balaban J connectivity index is 1.73. The van der Waals surface area contributed by atoms with Crippen molar-refractivity contribution >= 4 is 52.3 Å². The van der Waals surface area contributed by atoms with Gasteiger partial charge in [-0.3, -0.25) is 4.79 Å². The predicted molar refractivity (Wildman–Crippen MR) is 121 cm³/mol. The zero-order chi connectivity index (χ0) is 21.5. The van der Waals surface area contributed by atoms with E-state index in [1.165, 1.54) is 36.0 Å². The molecule has 0 aliphatic heterocycles. The molecule has 0 aliphatic carbocycles. The summed E-state index contributed by atoms with van der Waals surface area (Å²) in [5, 5.41) is 16.9. The molecule has 1 atom stereocenters. The maximum atomic E-state index is 13.2. The van der Waals surface area contributed by atoms with Crippen LogP contribution < -0.4 is 10.6 Å². The second-order valence-corrected chi connectivity index (χ2v) is 8.12. The van der Waals surface area contributed by atoms with Crippen LogP contribution >= 0.6 is 35.6 Å². The van der Waals surface area contributed by atoms with Gasteiger partial charge in [-0.15, -0.1) is 0 Å². The van der Waals surface area contributed by atoms with Crippen molar-refractivity contribution in [2.24, 2.45) is 0 Å². The highest BCUT2D eigenvalue weighted by Crippen LogP contribution is 2.32. The lowest BCUT2D eigenvalue weighted by Gasteiger charge is -2.20. The lowest BCUT2D eigenvalue weighted by atomic mass is 10.0. The van der Waals surface area contributed by atoms with Gasteiger partial charge in [0.05, 0.1) is 18.2 Å². The summed E-state index contributed by atoms with van der Waals surface area (Å²) in [6, 6.07) is 16.0. The molecular formula is C21H17ClFN3O2S2. The van der Waals surface area contributed by atoms with Crippen LogP contribution in [0, 0.1) is 5.82 Å². The highest BCUT2D eigenvalue weighted by atomic mass is 35.5. The van der Waals surface area contributed by atoms with Crippen molar-refractivity contribution in [3.05, 3.63) is 83.3 Å². The topological polar surface area (TPSA) is 74.2 Å². The number of halogens is 2. The number of thiocarbonyl (C=S) groups is 1. The largest absolute Gasteiger partial charge is 0.481 e. The molecule has 1 aromatic heterocycles. The van der Waals surface area contributed by atoms with E-state index in [2.05, 4.69) is 15.6 Å². The summed E-state index contributed by atoms with van der Waals surface area (Å²) in [5.41, 5.74) is 1.29. The third-order valence-corrected chi connectivity index (χ3v) is 5.50. The molecule has 30 heavy (non-hydrogen) atoms. The summed E-state index contributed by atoms with van der Waals surface area (Å²) >= 11 is 12.8. The third kappa shape index (κ3) is 6.41. The first-order chi connectivity index (χ1) is 14.4. The summed E-state index contributed by atoms with van der Waals surface area (Å²) in [4.78, 5) is 16.6. The Bertz CT molecular complexity index is 1030. The number of hydrogen-bond acceptors (Lipinski definition) is 4. The molecule has 2 aromatic carbocycles. The molecular weight excluding hydrogens is 445 g/mol. The normalized spacial score (nSPS) is 11.5. The fourth-order valence-corrected chi connectivity index (χ4v) is 3.84. The van der Waals surface area contributed by atoms with Gasteiger partial charge in [-0.2, -0.15) is 0 Å². The predicted octanol–water partition coefficient (Wildman–Crippen LogP) is 5.53. The average molecular weight is 462 g/mol. The van der Waals surface area contributed by atoms with Crippen LogP contribution in [-0.2, 0) is 4.79 Å². The van der Waals surface area contributed by atoms with Crippen LogP contribution in [0.5, 0.6) is 0 Å². The van der Waals surface area contributed by atoms with Crippen LogP contribution in [0.25, 0.3) is 0 Å². The van der Waals surface area contributed by atoms with Gasteiger partial charge < -0.3 is 15.7 Å². The summed E-state index contributed by atoms with van der Waals surface area (Å²) in [5.74, 6) is -1.40. The highest BCUT2D eigenvalue weighted by Gasteiger charge is 2.17. The third-order valence-electron chi connectivity index (χ3n) is 4.00. The molecule has 0 aliphatic rings. The van der Waals surface area contributed by atoms with Crippen LogP contribution in [0.3, 0.4) is 0 Å². The summed E-state index contributed by atoms with van der Waals surface area (Å²) in [7, 11) is 0. The number of aliphatic carboxylic acids is 1. The Morgan fingerprint density at radius 1 is 1.17 bits per heavy atom. The van der Waals surface area contributed by atoms with Crippen molar-refractivity contribution in [2.75, 3.05) is 5.32 Å². The fourth-order valence-electron chi connectivity index (χ4n) is 2.62. The quantitative estimate of drug-likeness (QED) is 0.399. The first kappa shape index (κ1) is 22.0. The number of nitrogens with one attached hydrogen (secondary N) is 2. The summed E-state index contributed by atoms with van der Waals surface area (Å²) < 4.78 is 13.2. The van der Waals surface area contributed by atoms with Gasteiger partial charge in [0, 0.05) is 16.1 Å². The molecule has 1 unspecified atom stereocenters. The molecule has 0 saturated heterocycles. The van der Waals surface area contributed by atoms with Crippen LogP contribution in [-0.4, -0.2) is 21.2 Å². The number of carboxylic acids is 1. The Hall–Kier alpha value is -2.68. The number of benzene rings is 2. The molecule has 1 heterocycles. The van der Waals surface area contributed by atoms with Gasteiger partial charge in [-0.25, -0.2) is 9.37 Å². The van der Waals surface area contributed by atoms with Crippen molar-refractivity contribution in [1.82, 2.24) is 10.3 Å². The zero-order valence-electron chi connectivity index (χ0n) is 15.5. The standard InChI is InChI=1S/C21H17ClFN3O2S2/c22-14-5-9-16(10-6-14)30-20-17(2-1-11-24-20)25-21(29)26-18(12-19(27)28)13-3-7-15(23)8-4-13/h1-11,18H,12H2,(H,27,28)(H2,25,26,29). The molecule has 0 amide bonds. The average Bonchev–Trinajstić information content (AvgIpc) is 2.71. The van der Waals surface area contributed by atoms with E-state index in [-0.39, 0.29) is 11.5 Å². The number of carbonyl (C=O) groups is 1. The Labute approximate surface area is 187 Å². The second-order valence-electron chi connectivity index (χ2n) is 6.21.